The molecule has 3 atom stereocenters. The van der Waals surface area contributed by atoms with Crippen molar-refractivity contribution in [1.29, 1.82) is 0 Å². The number of alkyl halides is 1. The number of ether oxygens (including phenoxy) is 1. The second-order valence-corrected chi connectivity index (χ2v) is 8.04. The van der Waals surface area contributed by atoms with Crippen LogP contribution < -0.4 is 5.32 Å². The van der Waals surface area contributed by atoms with E-state index >= 15 is 4.39 Å². The Labute approximate surface area is 177 Å². The molecule has 3 heterocycles. The first-order valence-corrected chi connectivity index (χ1v) is 10.6. The number of aliphatic hydroxyl groups excluding tert-OH is 1. The molecule has 1 aliphatic heterocycles. The molecule has 8 heteroatoms. The van der Waals surface area contributed by atoms with Crippen LogP contribution in [-0.4, -0.2) is 46.3 Å². The van der Waals surface area contributed by atoms with Gasteiger partial charge in [-0.1, -0.05) is 24.3 Å². The molecule has 2 N–H and O–H groups in total. The molecule has 3 aromatic rings. The lowest BCUT2D eigenvalue weighted by Crippen LogP contribution is -2.49. The monoisotopic (exact) mass is 427 g/mol. The molecule has 0 aliphatic carbocycles. The average molecular weight is 428 g/mol. The zero-order valence-electron chi connectivity index (χ0n) is 16.4. The molecule has 0 saturated carbocycles. The predicted molar refractivity (Wildman–Crippen MR) is 112 cm³/mol. The Morgan fingerprint density at radius 1 is 1.33 bits per heavy atom. The van der Waals surface area contributed by atoms with E-state index in [-0.39, 0.29) is 17.9 Å². The van der Waals surface area contributed by atoms with Gasteiger partial charge in [0, 0.05) is 29.3 Å². The molecule has 2 aromatic heterocycles. The van der Waals surface area contributed by atoms with Gasteiger partial charge in [0.25, 0.3) is 5.91 Å². The highest BCUT2D eigenvalue weighted by molar-refractivity contribution is 7.07. The second-order valence-electron chi connectivity index (χ2n) is 7.32. The quantitative estimate of drug-likeness (QED) is 0.652. The predicted octanol–water partition coefficient (Wildman–Crippen LogP) is 3.45. The molecule has 0 radical (unpaired) electrons. The maximum absolute atomic E-state index is 15.5. The standard InChI is InChI=1S/C22H22FN3O3S/c1-13-8-16(20(23)15-4-2-14(3-5-15)18-11-30-12-25-18)21(24-9-13)22(28)26-17-6-7-29-10-19(17)27/h2-5,8-9,11-12,17,19-20,27H,6-7,10H2,1H3,(H,26,28)/t17-,19-,20?/m0/s1. The molecule has 1 amide bonds. The zero-order valence-corrected chi connectivity index (χ0v) is 17.2. The number of rotatable bonds is 5. The van der Waals surface area contributed by atoms with Gasteiger partial charge in [0.15, 0.2) is 6.17 Å². The van der Waals surface area contributed by atoms with Crippen LogP contribution in [-0.2, 0) is 4.74 Å². The van der Waals surface area contributed by atoms with Gasteiger partial charge >= 0.3 is 0 Å². The third kappa shape index (κ3) is 4.40. The number of aliphatic hydroxyl groups is 1. The number of carbonyl (C=O) groups is 1. The van der Waals surface area contributed by atoms with Crippen molar-refractivity contribution in [3.05, 3.63) is 69.8 Å². The summed E-state index contributed by atoms with van der Waals surface area (Å²) in [7, 11) is 0. The summed E-state index contributed by atoms with van der Waals surface area (Å²) in [5.41, 5.74) is 4.91. The number of carbonyl (C=O) groups excluding carboxylic acids is 1. The van der Waals surface area contributed by atoms with Crippen molar-refractivity contribution in [3.8, 4) is 11.3 Å². The number of hydrogen-bond acceptors (Lipinski definition) is 6. The molecule has 1 aliphatic rings. The highest BCUT2D eigenvalue weighted by Crippen LogP contribution is 2.30. The van der Waals surface area contributed by atoms with Crippen molar-refractivity contribution in [2.75, 3.05) is 13.2 Å². The van der Waals surface area contributed by atoms with Gasteiger partial charge in [-0.15, -0.1) is 11.3 Å². The Morgan fingerprint density at radius 3 is 2.83 bits per heavy atom. The fraction of sp³-hybridized carbons (Fsp3) is 0.318. The molecular formula is C22H22FN3O3S. The number of halogens is 1. The van der Waals surface area contributed by atoms with Crippen LogP contribution in [0.1, 0.15) is 39.8 Å². The first-order valence-electron chi connectivity index (χ1n) is 9.68. The first kappa shape index (κ1) is 20.6. The summed E-state index contributed by atoms with van der Waals surface area (Å²) in [6.45, 7) is 2.42. The summed E-state index contributed by atoms with van der Waals surface area (Å²) in [5.74, 6) is -0.502. The summed E-state index contributed by atoms with van der Waals surface area (Å²) in [5, 5.41) is 14.7. The summed E-state index contributed by atoms with van der Waals surface area (Å²) in [6.07, 6.45) is -0.277. The van der Waals surface area contributed by atoms with E-state index < -0.39 is 24.2 Å². The minimum absolute atomic E-state index is 0.0235. The van der Waals surface area contributed by atoms with Gasteiger partial charge in [-0.3, -0.25) is 9.78 Å². The molecule has 1 aromatic carbocycles. The molecular weight excluding hydrogens is 405 g/mol. The Balaban J connectivity index is 1.58. The van der Waals surface area contributed by atoms with E-state index in [0.29, 0.717) is 18.6 Å². The Bertz CT molecular complexity index is 1010. The Morgan fingerprint density at radius 2 is 2.13 bits per heavy atom. The van der Waals surface area contributed by atoms with E-state index in [1.807, 2.05) is 17.5 Å². The average Bonchev–Trinajstić information content (AvgIpc) is 3.30. The van der Waals surface area contributed by atoms with Crippen molar-refractivity contribution >= 4 is 17.2 Å². The van der Waals surface area contributed by atoms with Crippen molar-refractivity contribution in [3.63, 3.8) is 0 Å². The molecule has 1 unspecified atom stereocenters. The van der Waals surface area contributed by atoms with Crippen LogP contribution in [0.2, 0.25) is 0 Å². The minimum atomic E-state index is -1.51. The van der Waals surface area contributed by atoms with Crippen molar-refractivity contribution in [2.45, 2.75) is 31.7 Å². The maximum Gasteiger partial charge on any atom is 0.270 e. The summed E-state index contributed by atoms with van der Waals surface area (Å²) < 4.78 is 20.7. The summed E-state index contributed by atoms with van der Waals surface area (Å²) >= 11 is 1.50. The SMILES string of the molecule is Cc1cnc(C(=O)N[C@H]2CCOC[C@@H]2O)c(C(F)c2ccc(-c3cscn3)cc2)c1. The third-order valence-corrected chi connectivity index (χ3v) is 5.70. The van der Waals surface area contributed by atoms with Gasteiger partial charge in [-0.25, -0.2) is 9.37 Å². The number of amides is 1. The van der Waals surface area contributed by atoms with Gasteiger partial charge in [0.1, 0.15) is 5.69 Å². The van der Waals surface area contributed by atoms with Crippen LogP contribution in [0.25, 0.3) is 11.3 Å². The molecule has 1 fully saturated rings. The van der Waals surface area contributed by atoms with Crippen LogP contribution in [0.15, 0.2) is 47.4 Å². The smallest absolute Gasteiger partial charge is 0.270 e. The number of pyridine rings is 1. The van der Waals surface area contributed by atoms with Gasteiger partial charge in [0.05, 0.1) is 30.0 Å². The molecule has 156 valence electrons. The number of benzene rings is 1. The summed E-state index contributed by atoms with van der Waals surface area (Å²) in [4.78, 5) is 21.3. The van der Waals surface area contributed by atoms with E-state index in [9.17, 15) is 9.90 Å². The second kappa shape index (κ2) is 8.99. The lowest BCUT2D eigenvalue weighted by Gasteiger charge is -2.28. The number of aromatic nitrogens is 2. The van der Waals surface area contributed by atoms with Gasteiger partial charge in [-0.05, 0) is 30.5 Å². The normalized spacial score (nSPS) is 20.0. The minimum Gasteiger partial charge on any atom is -0.389 e. The van der Waals surface area contributed by atoms with E-state index in [4.69, 9.17) is 4.74 Å². The zero-order chi connectivity index (χ0) is 21.1. The number of hydrogen-bond donors (Lipinski definition) is 2. The highest BCUT2D eigenvalue weighted by Gasteiger charge is 2.28. The maximum atomic E-state index is 15.5. The third-order valence-electron chi connectivity index (χ3n) is 5.12. The Hall–Kier alpha value is -2.68. The van der Waals surface area contributed by atoms with Gasteiger partial charge in [-0.2, -0.15) is 0 Å². The first-order chi connectivity index (χ1) is 14.5. The molecule has 0 bridgehead atoms. The lowest BCUT2D eigenvalue weighted by atomic mass is 9.98. The molecule has 1 saturated heterocycles. The van der Waals surface area contributed by atoms with E-state index in [0.717, 1.165) is 16.8 Å². The van der Waals surface area contributed by atoms with Crippen LogP contribution in [0, 0.1) is 6.92 Å². The topological polar surface area (TPSA) is 84.3 Å². The van der Waals surface area contributed by atoms with Crippen molar-refractivity contribution in [2.24, 2.45) is 0 Å². The van der Waals surface area contributed by atoms with Crippen LogP contribution >= 0.6 is 11.3 Å². The summed E-state index contributed by atoms with van der Waals surface area (Å²) in [6, 6.07) is 8.23. The van der Waals surface area contributed by atoms with E-state index in [1.54, 1.807) is 30.6 Å². The molecule has 0 spiro atoms. The largest absolute Gasteiger partial charge is 0.389 e. The fourth-order valence-electron chi connectivity index (χ4n) is 3.46. The van der Waals surface area contributed by atoms with Crippen molar-refractivity contribution < 1.29 is 19.0 Å². The van der Waals surface area contributed by atoms with E-state index in [2.05, 4.69) is 15.3 Å². The van der Waals surface area contributed by atoms with Crippen LogP contribution in [0.3, 0.4) is 0 Å². The van der Waals surface area contributed by atoms with Gasteiger partial charge < -0.3 is 15.2 Å². The lowest BCUT2D eigenvalue weighted by molar-refractivity contribution is -0.0261. The molecule has 4 rings (SSSR count). The van der Waals surface area contributed by atoms with E-state index in [1.165, 1.54) is 17.5 Å². The Kier molecular flexibility index (Phi) is 6.17. The van der Waals surface area contributed by atoms with Crippen LogP contribution in [0.5, 0.6) is 0 Å². The number of nitrogens with zero attached hydrogens (tertiary/aromatic N) is 2. The number of nitrogens with one attached hydrogen (secondary N) is 1. The fourth-order valence-corrected chi connectivity index (χ4v) is 4.02. The molecule has 30 heavy (non-hydrogen) atoms. The highest BCUT2D eigenvalue weighted by atomic mass is 32.1. The number of thiazole rings is 1. The van der Waals surface area contributed by atoms with Crippen molar-refractivity contribution in [1.82, 2.24) is 15.3 Å². The van der Waals surface area contributed by atoms with Gasteiger partial charge in [0.2, 0.25) is 0 Å². The van der Waals surface area contributed by atoms with Crippen LogP contribution in [0.4, 0.5) is 4.39 Å². The number of aryl methyl sites for hydroxylation is 1. The molecule has 6 nitrogen and oxygen atoms in total.